The Balaban J connectivity index is 1.33. The highest BCUT2D eigenvalue weighted by atomic mass is 19.1. The summed E-state index contributed by atoms with van der Waals surface area (Å²) in [6, 6.07) is 12.5. The summed E-state index contributed by atoms with van der Waals surface area (Å²) in [6.07, 6.45) is 0. The largest absolute Gasteiger partial charge is 0.419 e. The van der Waals surface area contributed by atoms with Crippen molar-refractivity contribution in [2.75, 3.05) is 31.1 Å². The third-order valence-electron chi connectivity index (χ3n) is 4.71. The Kier molecular flexibility index (Phi) is 4.98. The second-order valence-electron chi connectivity index (χ2n) is 6.54. The average Bonchev–Trinajstić information content (AvgIpc) is 3.18. The zero-order valence-corrected chi connectivity index (χ0v) is 15.0. The lowest BCUT2D eigenvalue weighted by Crippen LogP contribution is -2.46. The summed E-state index contributed by atoms with van der Waals surface area (Å²) >= 11 is 0. The van der Waals surface area contributed by atoms with Crippen molar-refractivity contribution in [2.45, 2.75) is 6.54 Å². The van der Waals surface area contributed by atoms with Crippen LogP contribution in [-0.2, 0) is 6.54 Å². The van der Waals surface area contributed by atoms with E-state index in [1.54, 1.807) is 24.3 Å². The molecule has 1 aromatic heterocycles. The lowest BCUT2D eigenvalue weighted by atomic mass is 10.2. The summed E-state index contributed by atoms with van der Waals surface area (Å²) in [6.45, 7) is 3.77. The lowest BCUT2D eigenvalue weighted by Gasteiger charge is -2.35. The van der Waals surface area contributed by atoms with Crippen LogP contribution in [-0.4, -0.2) is 46.2 Å². The number of hydrogen-bond donors (Lipinski definition) is 0. The SMILES string of the molecule is O=[N+]([O-])c1ccc(N2CCN(Cc3nnc(-c4ccc(F)cc4)o3)CC2)cc1. The number of non-ortho nitro benzene ring substituents is 1. The standard InChI is InChI=1S/C19H18FN5O3/c20-15-3-1-14(2-4-15)19-22-21-18(28-19)13-23-9-11-24(12-10-23)16-5-7-17(8-6-16)25(26)27/h1-8H,9-13H2. The number of piperazine rings is 1. The quantitative estimate of drug-likeness (QED) is 0.494. The van der Waals surface area contributed by atoms with Crippen LogP contribution < -0.4 is 4.90 Å². The zero-order chi connectivity index (χ0) is 19.5. The lowest BCUT2D eigenvalue weighted by molar-refractivity contribution is -0.384. The van der Waals surface area contributed by atoms with Gasteiger partial charge in [0.25, 0.3) is 5.69 Å². The Labute approximate surface area is 160 Å². The van der Waals surface area contributed by atoms with Crippen LogP contribution in [0.3, 0.4) is 0 Å². The number of aromatic nitrogens is 2. The fourth-order valence-electron chi connectivity index (χ4n) is 3.17. The minimum Gasteiger partial charge on any atom is -0.419 e. The summed E-state index contributed by atoms with van der Waals surface area (Å²) in [5.74, 6) is 0.581. The highest BCUT2D eigenvalue weighted by Gasteiger charge is 2.20. The van der Waals surface area contributed by atoms with Crippen LogP contribution in [0.1, 0.15) is 5.89 Å². The van der Waals surface area contributed by atoms with Crippen molar-refractivity contribution in [2.24, 2.45) is 0 Å². The Morgan fingerprint density at radius 1 is 1.00 bits per heavy atom. The van der Waals surface area contributed by atoms with Crippen molar-refractivity contribution in [3.63, 3.8) is 0 Å². The summed E-state index contributed by atoms with van der Waals surface area (Å²) in [7, 11) is 0. The van der Waals surface area contributed by atoms with Crippen molar-refractivity contribution in [1.82, 2.24) is 15.1 Å². The first-order chi connectivity index (χ1) is 13.6. The van der Waals surface area contributed by atoms with Crippen LogP contribution in [0.25, 0.3) is 11.5 Å². The van der Waals surface area contributed by atoms with Gasteiger partial charge >= 0.3 is 0 Å². The molecule has 0 aliphatic carbocycles. The van der Waals surface area contributed by atoms with Gasteiger partial charge in [-0.05, 0) is 36.4 Å². The molecule has 28 heavy (non-hydrogen) atoms. The van der Waals surface area contributed by atoms with Gasteiger partial charge in [-0.15, -0.1) is 10.2 Å². The number of nitrogens with zero attached hydrogens (tertiary/aromatic N) is 5. The molecule has 0 radical (unpaired) electrons. The summed E-state index contributed by atoms with van der Waals surface area (Å²) in [5.41, 5.74) is 1.75. The molecule has 3 aromatic rings. The molecule has 4 rings (SSSR count). The minimum atomic E-state index is -0.397. The number of benzene rings is 2. The van der Waals surface area contributed by atoms with E-state index in [4.69, 9.17) is 4.42 Å². The molecule has 0 bridgehead atoms. The predicted octanol–water partition coefficient (Wildman–Crippen LogP) is 3.11. The Bertz CT molecular complexity index is 950. The second kappa shape index (κ2) is 7.73. The first-order valence-electron chi connectivity index (χ1n) is 8.88. The number of nitro groups is 1. The van der Waals surface area contributed by atoms with Gasteiger partial charge in [-0.25, -0.2) is 4.39 Å². The normalized spacial score (nSPS) is 15.0. The number of nitro benzene ring substituents is 1. The van der Waals surface area contributed by atoms with Gasteiger partial charge in [0.15, 0.2) is 0 Å². The maximum absolute atomic E-state index is 13.0. The Hall–Kier alpha value is -3.33. The smallest absolute Gasteiger partial charge is 0.269 e. The summed E-state index contributed by atoms with van der Waals surface area (Å²) < 4.78 is 18.7. The third-order valence-corrected chi connectivity index (χ3v) is 4.71. The molecule has 1 fully saturated rings. The molecule has 0 N–H and O–H groups in total. The van der Waals surface area contributed by atoms with E-state index in [0.29, 0.717) is 23.9 Å². The van der Waals surface area contributed by atoms with Crippen molar-refractivity contribution >= 4 is 11.4 Å². The molecule has 0 unspecified atom stereocenters. The van der Waals surface area contributed by atoms with Crippen molar-refractivity contribution < 1.29 is 13.7 Å². The summed E-state index contributed by atoms with van der Waals surface area (Å²) in [5, 5.41) is 18.9. The topological polar surface area (TPSA) is 88.5 Å². The number of hydrogen-bond acceptors (Lipinski definition) is 7. The molecule has 1 saturated heterocycles. The Morgan fingerprint density at radius 2 is 1.68 bits per heavy atom. The predicted molar refractivity (Wildman–Crippen MR) is 100 cm³/mol. The second-order valence-corrected chi connectivity index (χ2v) is 6.54. The van der Waals surface area contributed by atoms with Gasteiger partial charge in [-0.3, -0.25) is 15.0 Å². The molecule has 8 nitrogen and oxygen atoms in total. The van der Waals surface area contributed by atoms with Gasteiger partial charge < -0.3 is 9.32 Å². The van der Waals surface area contributed by atoms with E-state index >= 15 is 0 Å². The Morgan fingerprint density at radius 3 is 2.32 bits per heavy atom. The average molecular weight is 383 g/mol. The van der Waals surface area contributed by atoms with Crippen LogP contribution in [0, 0.1) is 15.9 Å². The van der Waals surface area contributed by atoms with E-state index in [9.17, 15) is 14.5 Å². The van der Waals surface area contributed by atoms with Crippen molar-refractivity contribution in [3.05, 3.63) is 70.4 Å². The van der Waals surface area contributed by atoms with Gasteiger partial charge in [0, 0.05) is 49.6 Å². The molecule has 2 aromatic carbocycles. The minimum absolute atomic E-state index is 0.0933. The molecule has 0 spiro atoms. The van der Waals surface area contributed by atoms with Gasteiger partial charge in [0.2, 0.25) is 11.8 Å². The monoisotopic (exact) mass is 383 g/mol. The third kappa shape index (κ3) is 3.99. The number of rotatable bonds is 5. The van der Waals surface area contributed by atoms with E-state index in [1.807, 2.05) is 0 Å². The van der Waals surface area contributed by atoms with E-state index < -0.39 is 4.92 Å². The fraction of sp³-hybridized carbons (Fsp3) is 0.263. The van der Waals surface area contributed by atoms with E-state index in [0.717, 1.165) is 31.9 Å². The van der Waals surface area contributed by atoms with Crippen LogP contribution >= 0.6 is 0 Å². The number of halogens is 1. The molecule has 0 amide bonds. The van der Waals surface area contributed by atoms with E-state index in [2.05, 4.69) is 20.0 Å². The first kappa shape index (κ1) is 18.1. The molecule has 2 heterocycles. The maximum atomic E-state index is 13.0. The zero-order valence-electron chi connectivity index (χ0n) is 15.0. The molecular weight excluding hydrogens is 365 g/mol. The van der Waals surface area contributed by atoms with Crippen LogP contribution in [0.5, 0.6) is 0 Å². The van der Waals surface area contributed by atoms with Crippen LogP contribution in [0.2, 0.25) is 0 Å². The van der Waals surface area contributed by atoms with Gasteiger partial charge in [0.1, 0.15) is 5.82 Å². The van der Waals surface area contributed by atoms with Crippen molar-refractivity contribution in [3.8, 4) is 11.5 Å². The highest BCUT2D eigenvalue weighted by Crippen LogP contribution is 2.22. The molecule has 0 atom stereocenters. The molecular formula is C19H18FN5O3. The van der Waals surface area contributed by atoms with Crippen LogP contribution in [0.4, 0.5) is 15.8 Å². The van der Waals surface area contributed by atoms with Gasteiger partial charge in [0.05, 0.1) is 11.5 Å². The number of anilines is 1. The first-order valence-corrected chi connectivity index (χ1v) is 8.88. The van der Waals surface area contributed by atoms with Gasteiger partial charge in [-0.1, -0.05) is 0 Å². The molecule has 1 aliphatic heterocycles. The van der Waals surface area contributed by atoms with Crippen LogP contribution in [0.15, 0.2) is 52.9 Å². The summed E-state index contributed by atoms with van der Waals surface area (Å²) in [4.78, 5) is 14.8. The molecule has 0 saturated carbocycles. The fourth-order valence-corrected chi connectivity index (χ4v) is 3.17. The highest BCUT2D eigenvalue weighted by molar-refractivity contribution is 5.52. The molecule has 9 heteroatoms. The molecule has 1 aliphatic rings. The van der Waals surface area contributed by atoms with E-state index in [-0.39, 0.29) is 11.5 Å². The van der Waals surface area contributed by atoms with E-state index in [1.165, 1.54) is 24.3 Å². The van der Waals surface area contributed by atoms with Gasteiger partial charge in [-0.2, -0.15) is 0 Å². The van der Waals surface area contributed by atoms with Crippen molar-refractivity contribution in [1.29, 1.82) is 0 Å². The molecule has 144 valence electrons. The maximum Gasteiger partial charge on any atom is 0.269 e.